The minimum Gasteiger partial charge on any atom is -0.383 e. The van der Waals surface area contributed by atoms with Gasteiger partial charge in [0.15, 0.2) is 17.5 Å². The van der Waals surface area contributed by atoms with Gasteiger partial charge in [-0.05, 0) is 24.3 Å². The monoisotopic (exact) mass is 313 g/mol. The van der Waals surface area contributed by atoms with Gasteiger partial charge in [0.2, 0.25) is 0 Å². The predicted octanol–water partition coefficient (Wildman–Crippen LogP) is 3.01. The number of rotatable bonds is 4. The van der Waals surface area contributed by atoms with Crippen LogP contribution in [0.5, 0.6) is 0 Å². The summed E-state index contributed by atoms with van der Waals surface area (Å²) in [6.45, 7) is 0.0998. The van der Waals surface area contributed by atoms with E-state index >= 15 is 0 Å². The van der Waals surface area contributed by atoms with Gasteiger partial charge in [-0.2, -0.15) is 0 Å². The highest BCUT2D eigenvalue weighted by Gasteiger charge is 2.09. The normalized spacial score (nSPS) is 10.5. The lowest BCUT2D eigenvalue weighted by atomic mass is 10.2. The summed E-state index contributed by atoms with van der Waals surface area (Å²) in [5.74, 6) is -0.551. The van der Waals surface area contributed by atoms with Gasteiger partial charge in [0, 0.05) is 24.5 Å². The number of halogens is 2. The Morgan fingerprint density at radius 1 is 1.00 bits per heavy atom. The van der Waals surface area contributed by atoms with Crippen LogP contribution in [0.3, 0.4) is 0 Å². The third-order valence-corrected chi connectivity index (χ3v) is 3.23. The fourth-order valence-corrected chi connectivity index (χ4v) is 2.06. The van der Waals surface area contributed by atoms with E-state index in [2.05, 4.69) is 20.3 Å². The summed E-state index contributed by atoms with van der Waals surface area (Å²) in [6.07, 6.45) is 3.13. The van der Waals surface area contributed by atoms with E-state index in [0.29, 0.717) is 23.0 Å². The van der Waals surface area contributed by atoms with Crippen LogP contribution in [0.15, 0.2) is 48.8 Å². The standard InChI is InChI=1S/C16H13F2N5/c17-12-5-1-3-10(14(12)18)9-22-13-6-8-21-16(23-13)11-4-2-7-20-15(11)19/h1-8H,9H2,(H2,19,20)(H,21,22,23). The van der Waals surface area contributed by atoms with Crippen LogP contribution in [0.4, 0.5) is 20.4 Å². The van der Waals surface area contributed by atoms with Crippen LogP contribution in [0.1, 0.15) is 5.56 Å². The van der Waals surface area contributed by atoms with Crippen molar-refractivity contribution in [1.82, 2.24) is 15.0 Å². The highest BCUT2D eigenvalue weighted by Crippen LogP contribution is 2.21. The van der Waals surface area contributed by atoms with E-state index in [0.717, 1.165) is 6.07 Å². The Balaban J connectivity index is 1.81. The van der Waals surface area contributed by atoms with Crippen molar-refractivity contribution in [2.24, 2.45) is 0 Å². The van der Waals surface area contributed by atoms with Gasteiger partial charge in [-0.25, -0.2) is 23.7 Å². The van der Waals surface area contributed by atoms with Crippen molar-refractivity contribution < 1.29 is 8.78 Å². The third kappa shape index (κ3) is 3.23. The Morgan fingerprint density at radius 3 is 2.70 bits per heavy atom. The van der Waals surface area contributed by atoms with Crippen molar-refractivity contribution in [1.29, 1.82) is 0 Å². The molecule has 0 aliphatic carbocycles. The zero-order valence-electron chi connectivity index (χ0n) is 12.0. The van der Waals surface area contributed by atoms with Gasteiger partial charge >= 0.3 is 0 Å². The molecule has 0 fully saturated rings. The van der Waals surface area contributed by atoms with Gasteiger partial charge in [0.25, 0.3) is 0 Å². The third-order valence-electron chi connectivity index (χ3n) is 3.23. The molecule has 7 heteroatoms. The first-order chi connectivity index (χ1) is 11.1. The maximum atomic E-state index is 13.6. The summed E-state index contributed by atoms with van der Waals surface area (Å²) in [4.78, 5) is 12.5. The Kier molecular flexibility index (Phi) is 4.09. The molecule has 5 nitrogen and oxygen atoms in total. The smallest absolute Gasteiger partial charge is 0.165 e. The van der Waals surface area contributed by atoms with E-state index in [1.165, 1.54) is 12.1 Å². The Morgan fingerprint density at radius 2 is 1.87 bits per heavy atom. The van der Waals surface area contributed by atoms with Crippen LogP contribution in [-0.4, -0.2) is 15.0 Å². The molecule has 0 aliphatic heterocycles. The highest BCUT2D eigenvalue weighted by molar-refractivity contribution is 5.68. The number of pyridine rings is 1. The van der Waals surface area contributed by atoms with Crippen LogP contribution in [0.2, 0.25) is 0 Å². The molecule has 0 bridgehead atoms. The van der Waals surface area contributed by atoms with Crippen molar-refractivity contribution >= 4 is 11.6 Å². The van der Waals surface area contributed by atoms with Crippen molar-refractivity contribution in [2.75, 3.05) is 11.1 Å². The van der Waals surface area contributed by atoms with E-state index in [9.17, 15) is 8.78 Å². The Hall–Kier alpha value is -3.09. The SMILES string of the molecule is Nc1ncccc1-c1nccc(NCc2cccc(F)c2F)n1. The van der Waals surface area contributed by atoms with Gasteiger partial charge in [-0.1, -0.05) is 12.1 Å². The maximum Gasteiger partial charge on any atom is 0.165 e. The number of benzene rings is 1. The van der Waals surface area contributed by atoms with E-state index in [1.807, 2.05) is 0 Å². The number of anilines is 2. The fraction of sp³-hybridized carbons (Fsp3) is 0.0625. The number of nitrogens with two attached hydrogens (primary N) is 1. The van der Waals surface area contributed by atoms with Crippen LogP contribution in [0, 0.1) is 11.6 Å². The molecule has 0 spiro atoms. The molecular formula is C16H13F2N5. The van der Waals surface area contributed by atoms with Crippen LogP contribution < -0.4 is 11.1 Å². The first-order valence-corrected chi connectivity index (χ1v) is 6.86. The first kappa shape index (κ1) is 14.8. The average Bonchev–Trinajstić information content (AvgIpc) is 2.57. The van der Waals surface area contributed by atoms with Gasteiger partial charge in [-0.3, -0.25) is 0 Å². The van der Waals surface area contributed by atoms with Gasteiger partial charge in [-0.15, -0.1) is 0 Å². The first-order valence-electron chi connectivity index (χ1n) is 6.86. The van der Waals surface area contributed by atoms with Crippen LogP contribution >= 0.6 is 0 Å². The number of nitrogens with one attached hydrogen (secondary N) is 1. The lowest BCUT2D eigenvalue weighted by Crippen LogP contribution is -2.06. The molecule has 1 aromatic carbocycles. The quantitative estimate of drug-likeness (QED) is 0.774. The van der Waals surface area contributed by atoms with E-state index in [1.54, 1.807) is 30.6 Å². The second kappa shape index (κ2) is 6.35. The second-order valence-electron chi connectivity index (χ2n) is 4.77. The molecule has 0 saturated heterocycles. The minimum atomic E-state index is -0.879. The maximum absolute atomic E-state index is 13.6. The van der Waals surface area contributed by atoms with E-state index in [-0.39, 0.29) is 12.1 Å². The lowest BCUT2D eigenvalue weighted by molar-refractivity contribution is 0.500. The highest BCUT2D eigenvalue weighted by atomic mass is 19.2. The van der Waals surface area contributed by atoms with E-state index < -0.39 is 11.6 Å². The summed E-state index contributed by atoms with van der Waals surface area (Å²) in [5, 5.41) is 2.94. The fourth-order valence-electron chi connectivity index (χ4n) is 2.06. The molecule has 0 saturated carbocycles. The lowest BCUT2D eigenvalue weighted by Gasteiger charge is -2.09. The zero-order chi connectivity index (χ0) is 16.2. The summed E-state index contributed by atoms with van der Waals surface area (Å²) in [7, 11) is 0. The van der Waals surface area contributed by atoms with Gasteiger partial charge in [0.1, 0.15) is 11.6 Å². The molecule has 3 rings (SSSR count). The Labute approximate surface area is 131 Å². The van der Waals surface area contributed by atoms with E-state index in [4.69, 9.17) is 5.73 Å². The summed E-state index contributed by atoms with van der Waals surface area (Å²) in [5.41, 5.74) is 6.62. The van der Waals surface area contributed by atoms with Crippen LogP contribution in [-0.2, 0) is 6.54 Å². The number of nitrogen functional groups attached to an aromatic ring is 1. The van der Waals surface area contributed by atoms with Crippen molar-refractivity contribution in [3.05, 3.63) is 66.0 Å². The molecule has 23 heavy (non-hydrogen) atoms. The number of nitrogens with zero attached hydrogens (tertiary/aromatic N) is 3. The minimum absolute atomic E-state index is 0.0998. The summed E-state index contributed by atoms with van der Waals surface area (Å²) in [6, 6.07) is 9.16. The molecule has 0 radical (unpaired) electrons. The topological polar surface area (TPSA) is 76.7 Å². The van der Waals surface area contributed by atoms with Crippen molar-refractivity contribution in [3.63, 3.8) is 0 Å². The molecule has 3 aromatic rings. The molecule has 3 N–H and O–H groups in total. The molecular weight excluding hydrogens is 300 g/mol. The second-order valence-corrected chi connectivity index (χ2v) is 4.77. The number of hydrogen-bond donors (Lipinski definition) is 2. The zero-order valence-corrected chi connectivity index (χ0v) is 12.0. The van der Waals surface area contributed by atoms with Gasteiger partial charge < -0.3 is 11.1 Å². The molecule has 0 aliphatic rings. The Bertz CT molecular complexity index is 838. The number of hydrogen-bond acceptors (Lipinski definition) is 5. The predicted molar refractivity (Wildman–Crippen MR) is 83.4 cm³/mol. The molecule has 0 atom stereocenters. The molecule has 0 amide bonds. The summed E-state index contributed by atoms with van der Waals surface area (Å²) >= 11 is 0. The number of aromatic nitrogens is 3. The van der Waals surface area contributed by atoms with Gasteiger partial charge in [0.05, 0.1) is 5.56 Å². The van der Waals surface area contributed by atoms with Crippen LogP contribution in [0.25, 0.3) is 11.4 Å². The molecule has 2 aromatic heterocycles. The average molecular weight is 313 g/mol. The molecule has 0 unspecified atom stereocenters. The van der Waals surface area contributed by atoms with Crippen molar-refractivity contribution in [3.8, 4) is 11.4 Å². The molecule has 116 valence electrons. The summed E-state index contributed by atoms with van der Waals surface area (Å²) < 4.78 is 26.8. The largest absolute Gasteiger partial charge is 0.383 e. The van der Waals surface area contributed by atoms with Crippen molar-refractivity contribution in [2.45, 2.75) is 6.54 Å². The molecule has 2 heterocycles.